The molecule has 1 saturated carbocycles. The molecule has 0 saturated heterocycles. The molecule has 1 fully saturated rings. The Hall–Kier alpha value is -1.62. The number of nitrogens with zero attached hydrogens (tertiary/aromatic N) is 4. The van der Waals surface area contributed by atoms with E-state index in [2.05, 4.69) is 17.0 Å². The van der Waals surface area contributed by atoms with E-state index >= 15 is 0 Å². The number of halogens is 1. The van der Waals surface area contributed by atoms with Gasteiger partial charge in [0.1, 0.15) is 11.0 Å². The van der Waals surface area contributed by atoms with Crippen molar-refractivity contribution in [3.8, 4) is 0 Å². The summed E-state index contributed by atoms with van der Waals surface area (Å²) in [5, 5.41) is 4.70. The van der Waals surface area contributed by atoms with E-state index in [9.17, 15) is 4.79 Å². The van der Waals surface area contributed by atoms with Gasteiger partial charge in [0, 0.05) is 19.0 Å². The van der Waals surface area contributed by atoms with Gasteiger partial charge in [0.25, 0.3) is 5.56 Å². The maximum Gasteiger partial charge on any atom is 0.255 e. The molecule has 0 radical (unpaired) electrons. The minimum Gasteiger partial charge on any atom is -0.290 e. The molecule has 2 aromatic heterocycles. The fraction of sp³-hybridized carbons (Fsp3) is 0.500. The van der Waals surface area contributed by atoms with Gasteiger partial charge in [-0.2, -0.15) is 5.10 Å². The summed E-state index contributed by atoms with van der Waals surface area (Å²) in [6, 6.07) is 3.42. The van der Waals surface area contributed by atoms with Crippen molar-refractivity contribution < 1.29 is 0 Å². The van der Waals surface area contributed by atoms with Crippen molar-refractivity contribution in [2.24, 2.45) is 7.05 Å². The van der Waals surface area contributed by atoms with Crippen LogP contribution in [0, 0.1) is 0 Å². The van der Waals surface area contributed by atoms with Gasteiger partial charge in [-0.3, -0.25) is 14.0 Å². The molecule has 0 unspecified atom stereocenters. The Labute approximate surface area is 122 Å². The zero-order valence-electron chi connectivity index (χ0n) is 11.6. The molecule has 0 amide bonds. The van der Waals surface area contributed by atoms with Gasteiger partial charge in [0.15, 0.2) is 0 Å². The molecule has 0 N–H and O–H groups in total. The summed E-state index contributed by atoms with van der Waals surface area (Å²) in [6.07, 6.45) is 3.05. The highest BCUT2D eigenvalue weighted by Crippen LogP contribution is 2.38. The van der Waals surface area contributed by atoms with Crippen molar-refractivity contribution in [2.45, 2.75) is 38.6 Å². The van der Waals surface area contributed by atoms with Gasteiger partial charge in [-0.25, -0.2) is 4.98 Å². The highest BCUT2D eigenvalue weighted by atomic mass is 35.5. The van der Waals surface area contributed by atoms with Gasteiger partial charge < -0.3 is 0 Å². The molecule has 0 aliphatic heterocycles. The van der Waals surface area contributed by atoms with Crippen molar-refractivity contribution >= 4 is 11.6 Å². The van der Waals surface area contributed by atoms with Crippen molar-refractivity contribution in [3.63, 3.8) is 0 Å². The summed E-state index contributed by atoms with van der Waals surface area (Å²) in [7, 11) is 1.90. The van der Waals surface area contributed by atoms with Crippen LogP contribution >= 0.6 is 11.6 Å². The van der Waals surface area contributed by atoms with E-state index in [1.54, 1.807) is 4.57 Å². The van der Waals surface area contributed by atoms with E-state index < -0.39 is 0 Å². The van der Waals surface area contributed by atoms with Crippen LogP contribution in [-0.4, -0.2) is 19.3 Å². The van der Waals surface area contributed by atoms with Crippen LogP contribution in [0.2, 0.25) is 5.15 Å². The van der Waals surface area contributed by atoms with Gasteiger partial charge in [-0.15, -0.1) is 0 Å². The molecule has 0 aromatic carbocycles. The van der Waals surface area contributed by atoms with Crippen LogP contribution in [0.1, 0.15) is 42.9 Å². The van der Waals surface area contributed by atoms with E-state index in [4.69, 9.17) is 11.6 Å². The Bertz CT molecular complexity index is 700. The monoisotopic (exact) mass is 292 g/mol. The molecule has 1 aliphatic rings. The van der Waals surface area contributed by atoms with E-state index in [1.165, 1.54) is 6.07 Å². The average Bonchev–Trinajstić information content (AvgIpc) is 3.17. The second kappa shape index (κ2) is 5.05. The van der Waals surface area contributed by atoms with E-state index in [0.717, 1.165) is 36.5 Å². The second-order valence-corrected chi connectivity index (χ2v) is 5.63. The lowest BCUT2D eigenvalue weighted by Gasteiger charge is -2.11. The topological polar surface area (TPSA) is 52.7 Å². The van der Waals surface area contributed by atoms with Crippen molar-refractivity contribution in [3.05, 3.63) is 44.9 Å². The highest BCUT2D eigenvalue weighted by molar-refractivity contribution is 6.29. The molecule has 2 aromatic rings. The maximum atomic E-state index is 12.2. The van der Waals surface area contributed by atoms with E-state index in [1.807, 2.05) is 17.8 Å². The van der Waals surface area contributed by atoms with Crippen molar-refractivity contribution in [1.82, 2.24) is 19.3 Å². The summed E-state index contributed by atoms with van der Waals surface area (Å²) in [5.41, 5.74) is 1.95. The van der Waals surface area contributed by atoms with Crippen LogP contribution in [0.3, 0.4) is 0 Å². The maximum absolute atomic E-state index is 12.2. The lowest BCUT2D eigenvalue weighted by atomic mass is 10.3. The third-order valence-electron chi connectivity index (χ3n) is 3.66. The van der Waals surface area contributed by atoms with Crippen molar-refractivity contribution in [2.75, 3.05) is 0 Å². The molecule has 0 spiro atoms. The number of rotatable bonds is 4. The molecule has 1 aliphatic carbocycles. The molecule has 20 heavy (non-hydrogen) atoms. The zero-order valence-corrected chi connectivity index (χ0v) is 12.4. The first-order valence-corrected chi connectivity index (χ1v) is 7.25. The summed E-state index contributed by atoms with van der Waals surface area (Å²) in [6.45, 7) is 2.57. The molecule has 2 heterocycles. The fourth-order valence-electron chi connectivity index (χ4n) is 2.36. The molecule has 5 nitrogen and oxygen atoms in total. The Morgan fingerprint density at radius 3 is 2.75 bits per heavy atom. The van der Waals surface area contributed by atoms with Crippen molar-refractivity contribution in [1.29, 1.82) is 0 Å². The normalized spacial score (nSPS) is 14.8. The lowest BCUT2D eigenvalue weighted by molar-refractivity contribution is 0.613. The Balaban J connectivity index is 2.01. The molecular formula is C14H17ClN4O. The number of aromatic nitrogens is 4. The summed E-state index contributed by atoms with van der Waals surface area (Å²) in [4.78, 5) is 16.5. The van der Waals surface area contributed by atoms with Gasteiger partial charge in [-0.05, 0) is 25.3 Å². The highest BCUT2D eigenvalue weighted by Gasteiger charge is 2.29. The molecule has 6 heteroatoms. The largest absolute Gasteiger partial charge is 0.290 e. The van der Waals surface area contributed by atoms with Gasteiger partial charge in [0.2, 0.25) is 0 Å². The Morgan fingerprint density at radius 1 is 1.40 bits per heavy atom. The Morgan fingerprint density at radius 2 is 2.15 bits per heavy atom. The average molecular weight is 293 g/mol. The summed E-state index contributed by atoms with van der Waals surface area (Å²) in [5.74, 6) is 1.18. The van der Waals surface area contributed by atoms with Crippen LogP contribution in [0.4, 0.5) is 0 Å². The number of aryl methyl sites for hydroxylation is 2. The molecule has 106 valence electrons. The van der Waals surface area contributed by atoms with Gasteiger partial charge in [-0.1, -0.05) is 18.5 Å². The standard InChI is InChI=1S/C14H17ClN4O/c1-3-10-6-11(18(2)17-10)8-19-13(20)7-12(15)16-14(19)9-4-5-9/h6-7,9H,3-5,8H2,1-2H3. The SMILES string of the molecule is CCc1cc(Cn2c(C3CC3)nc(Cl)cc2=O)n(C)n1. The minimum atomic E-state index is -0.0915. The first-order chi connectivity index (χ1) is 9.58. The first kappa shape index (κ1) is 13.4. The van der Waals surface area contributed by atoms with Gasteiger partial charge >= 0.3 is 0 Å². The predicted molar refractivity (Wildman–Crippen MR) is 77.2 cm³/mol. The quantitative estimate of drug-likeness (QED) is 0.811. The second-order valence-electron chi connectivity index (χ2n) is 5.24. The molecular weight excluding hydrogens is 276 g/mol. The number of hydrogen-bond acceptors (Lipinski definition) is 3. The van der Waals surface area contributed by atoms with Crippen LogP contribution in [0.25, 0.3) is 0 Å². The van der Waals surface area contributed by atoms with Crippen LogP contribution in [0.5, 0.6) is 0 Å². The first-order valence-electron chi connectivity index (χ1n) is 6.87. The van der Waals surface area contributed by atoms with Crippen LogP contribution in [0.15, 0.2) is 16.9 Å². The third-order valence-corrected chi connectivity index (χ3v) is 3.85. The van der Waals surface area contributed by atoms with Crippen LogP contribution < -0.4 is 5.56 Å². The van der Waals surface area contributed by atoms with E-state index in [-0.39, 0.29) is 10.7 Å². The minimum absolute atomic E-state index is 0.0915. The Kier molecular flexibility index (Phi) is 3.38. The summed E-state index contributed by atoms with van der Waals surface area (Å²) >= 11 is 5.91. The zero-order chi connectivity index (χ0) is 14.3. The third kappa shape index (κ3) is 2.50. The lowest BCUT2D eigenvalue weighted by Crippen LogP contribution is -2.25. The number of hydrogen-bond donors (Lipinski definition) is 0. The van der Waals surface area contributed by atoms with E-state index in [0.29, 0.717) is 12.5 Å². The predicted octanol–water partition coefficient (Wildman–Crippen LogP) is 2.12. The molecule has 0 bridgehead atoms. The molecule has 0 atom stereocenters. The smallest absolute Gasteiger partial charge is 0.255 e. The van der Waals surface area contributed by atoms with Gasteiger partial charge in [0.05, 0.1) is 17.9 Å². The molecule has 3 rings (SSSR count). The summed E-state index contributed by atoms with van der Waals surface area (Å²) < 4.78 is 3.55. The fourth-order valence-corrected chi connectivity index (χ4v) is 2.54. The van der Waals surface area contributed by atoms with Crippen LogP contribution in [-0.2, 0) is 20.0 Å².